The van der Waals surface area contributed by atoms with Crippen LogP contribution in [0.1, 0.15) is 0 Å². The second-order valence-electron chi connectivity index (χ2n) is 1.18. The van der Waals surface area contributed by atoms with Crippen LogP contribution in [0.4, 0.5) is 11.7 Å². The monoisotopic (exact) mass is 438 g/mol. The molecule has 0 aliphatic rings. The number of rotatable bonds is 0. The van der Waals surface area contributed by atoms with Crippen LogP contribution in [0, 0.1) is 41.3 Å². The summed E-state index contributed by atoms with van der Waals surface area (Å²) in [6.07, 6.45) is 0. The molecule has 0 amide bonds. The van der Waals surface area contributed by atoms with Gasteiger partial charge >= 0.3 is 41.3 Å². The molecule has 0 atom stereocenters. The second kappa shape index (κ2) is 9.87. The van der Waals surface area contributed by atoms with Gasteiger partial charge in [-0.2, -0.15) is 0 Å². The van der Waals surface area contributed by atoms with Crippen molar-refractivity contribution in [2.45, 2.75) is 0 Å². The predicted octanol–water partition coefficient (Wildman–Crippen LogP) is -1.75. The zero-order valence-electron chi connectivity index (χ0n) is 6.61. The maximum absolute atomic E-state index is 10.1. The molecule has 0 fully saturated rings. The average molecular weight is 438 g/mol. The summed E-state index contributed by atoms with van der Waals surface area (Å²) in [4.78, 5) is 0. The Balaban J connectivity index is -0.0000000655. The summed E-state index contributed by atoms with van der Waals surface area (Å²) in [5.41, 5.74) is 0. The number of hydrogen-bond donors (Lipinski definition) is 0. The summed E-state index contributed by atoms with van der Waals surface area (Å²) in [7, 11) is -16.2. The van der Waals surface area contributed by atoms with Gasteiger partial charge in [-0.25, -0.2) is 25.3 Å². The molecule has 9 nitrogen and oxygen atoms in total. The van der Waals surface area contributed by atoms with E-state index in [-0.39, 0.29) is 41.3 Å². The summed E-state index contributed by atoms with van der Waals surface area (Å²) in [5.74, 6) is 0. The van der Waals surface area contributed by atoms with Crippen LogP contribution in [-0.4, -0.2) is 38.9 Å². The molecule has 0 aromatic heterocycles. The van der Waals surface area contributed by atoms with Gasteiger partial charge in [-0.1, -0.05) is 0 Å². The van der Waals surface area contributed by atoms with Crippen LogP contribution in [-0.2, 0) is 31.5 Å². The first-order valence-electron chi connectivity index (χ1n) is 1.96. The van der Waals surface area contributed by atoms with E-state index < -0.39 is 31.5 Å². The fraction of sp³-hybridized carbons (Fsp3) is 0. The molecule has 0 N–H and O–H groups in total. The molecule has 96 valence electrons. The van der Waals surface area contributed by atoms with Crippen LogP contribution in [0.15, 0.2) is 0 Å². The molecule has 0 saturated carbocycles. The van der Waals surface area contributed by atoms with Crippen molar-refractivity contribution in [2.24, 2.45) is 0 Å². The molecule has 0 saturated heterocycles. The smallest absolute Gasteiger partial charge is 0.722 e. The van der Waals surface area contributed by atoms with Crippen molar-refractivity contribution in [3.05, 3.63) is 0 Å². The average Bonchev–Trinajstić information content (AvgIpc) is 1.41. The van der Waals surface area contributed by atoms with Crippen LogP contribution in [0.3, 0.4) is 0 Å². The molecule has 0 aromatic rings. The Morgan fingerprint density at radius 2 is 0.562 bits per heavy atom. The predicted molar refractivity (Wildman–Crippen MR) is 32.4 cm³/mol. The summed E-state index contributed by atoms with van der Waals surface area (Å²) in [6, 6.07) is 0. The Hall–Kier alpha value is 0.884. The topological polar surface area (TPSA) is 172 Å². The van der Waals surface area contributed by atoms with Gasteiger partial charge in [0, 0.05) is 0 Å². The first-order valence-corrected chi connectivity index (χ1v) is 5.89. The molecule has 16 heavy (non-hydrogen) atoms. The zero-order chi connectivity index (χ0) is 13.5. The van der Waals surface area contributed by atoms with Gasteiger partial charge in [0.25, 0.3) is 31.5 Å². The summed E-state index contributed by atoms with van der Waals surface area (Å²) >= 11 is 0. The van der Waals surface area contributed by atoms with Gasteiger partial charge in [0.15, 0.2) is 0 Å². The first-order chi connectivity index (χ1) is 6.00. The Bertz CT molecular complexity index is 347. The third-order valence-electron chi connectivity index (χ3n) is 0. The molecule has 0 unspecified atom stereocenters. The maximum Gasteiger partial charge on any atom is 3.00 e. The molecule has 0 aromatic carbocycles. The van der Waals surface area contributed by atoms with Gasteiger partial charge in [-0.3, -0.25) is 0 Å². The van der Waals surface area contributed by atoms with Crippen molar-refractivity contribution in [3.8, 4) is 0 Å². The molecule has 0 aliphatic heterocycles. The van der Waals surface area contributed by atoms with Gasteiger partial charge in [0.1, 0.15) is 0 Å². The second-order valence-corrected chi connectivity index (χ2v) is 3.54. The van der Waals surface area contributed by atoms with Crippen molar-refractivity contribution < 1.29 is 91.9 Å². The van der Waals surface area contributed by atoms with E-state index in [2.05, 4.69) is 0 Å². The maximum atomic E-state index is 10.1. The number of halogens is 3. The molecule has 16 heteroatoms. The summed E-state index contributed by atoms with van der Waals surface area (Å²) < 4.78 is 106. The molecule has 0 aliphatic carbocycles. The normalized spacial score (nSPS) is 10.9. The van der Waals surface area contributed by atoms with E-state index in [0.29, 0.717) is 0 Å². The standard InChI is InChI=1S/3FHO3S.Pr/c3*1-5(2,3)4;/h3*(H,2,3,4);/q;;;+3/p-3. The number of hydrogen-bond acceptors (Lipinski definition) is 9. The van der Waals surface area contributed by atoms with Gasteiger partial charge in [-0.05, 0) is 0 Å². The third-order valence-corrected chi connectivity index (χ3v) is 0. The molecule has 0 heterocycles. The van der Waals surface area contributed by atoms with Crippen LogP contribution in [0.25, 0.3) is 0 Å². The molecule has 0 radical (unpaired) electrons. The van der Waals surface area contributed by atoms with Gasteiger partial charge in [-0.15, -0.1) is 11.7 Å². The van der Waals surface area contributed by atoms with E-state index in [9.17, 15) is 11.7 Å². The molecule has 0 rings (SSSR count). The molecular weight excluding hydrogens is 438 g/mol. The van der Waals surface area contributed by atoms with E-state index in [0.717, 1.165) is 0 Å². The summed E-state index contributed by atoms with van der Waals surface area (Å²) in [6.45, 7) is 0. The van der Waals surface area contributed by atoms with E-state index in [1.165, 1.54) is 0 Å². The molecule has 0 bridgehead atoms. The fourth-order valence-electron chi connectivity index (χ4n) is 0. The van der Waals surface area contributed by atoms with Crippen LogP contribution in [0.5, 0.6) is 0 Å². The van der Waals surface area contributed by atoms with E-state index in [1.54, 1.807) is 0 Å². The van der Waals surface area contributed by atoms with Gasteiger partial charge in [0.2, 0.25) is 0 Å². The Kier molecular flexibility index (Phi) is 15.8. The van der Waals surface area contributed by atoms with Crippen molar-refractivity contribution in [1.29, 1.82) is 0 Å². The first kappa shape index (κ1) is 25.7. The van der Waals surface area contributed by atoms with E-state index in [1.807, 2.05) is 0 Å². The van der Waals surface area contributed by atoms with Crippen LogP contribution < -0.4 is 0 Å². The van der Waals surface area contributed by atoms with E-state index >= 15 is 0 Å². The van der Waals surface area contributed by atoms with E-state index in [4.69, 9.17) is 38.9 Å². The minimum Gasteiger partial charge on any atom is -0.722 e. The van der Waals surface area contributed by atoms with Crippen LogP contribution >= 0.6 is 0 Å². The zero-order valence-corrected chi connectivity index (χ0v) is 12.8. The minimum atomic E-state index is -5.42. The summed E-state index contributed by atoms with van der Waals surface area (Å²) in [5, 5.41) is 0. The Labute approximate surface area is 122 Å². The largest absolute Gasteiger partial charge is 3.00 e. The Morgan fingerprint density at radius 3 is 0.562 bits per heavy atom. The van der Waals surface area contributed by atoms with Gasteiger partial charge < -0.3 is 13.7 Å². The quantitative estimate of drug-likeness (QED) is 0.314. The Morgan fingerprint density at radius 1 is 0.562 bits per heavy atom. The fourth-order valence-corrected chi connectivity index (χ4v) is 0. The third kappa shape index (κ3) is 3670. The van der Waals surface area contributed by atoms with Crippen LogP contribution in [0.2, 0.25) is 0 Å². The van der Waals surface area contributed by atoms with Crippen molar-refractivity contribution >= 4 is 31.5 Å². The minimum absolute atomic E-state index is 0. The molecule has 0 spiro atoms. The van der Waals surface area contributed by atoms with Gasteiger partial charge in [0.05, 0.1) is 0 Å². The molecular formula is F3O9PrS3. The van der Waals surface area contributed by atoms with Crippen molar-refractivity contribution in [3.63, 3.8) is 0 Å². The van der Waals surface area contributed by atoms with Crippen molar-refractivity contribution in [1.82, 2.24) is 0 Å². The van der Waals surface area contributed by atoms with Crippen molar-refractivity contribution in [2.75, 3.05) is 0 Å². The SMILES string of the molecule is O=S(=O)([O-])F.O=S(=O)([O-])F.O=S(=O)([O-])F.[Pr+3].